The fraction of sp³-hybridized carbons (Fsp3) is 0.308. The highest BCUT2D eigenvalue weighted by Crippen LogP contribution is 2.32. The van der Waals surface area contributed by atoms with Gasteiger partial charge in [0.1, 0.15) is 0 Å². The third kappa shape index (κ3) is 6.76. The van der Waals surface area contributed by atoms with Gasteiger partial charge in [-0.25, -0.2) is 0 Å². The summed E-state index contributed by atoms with van der Waals surface area (Å²) in [4.78, 5) is 2.02. The molecule has 0 saturated heterocycles. The van der Waals surface area contributed by atoms with Gasteiger partial charge in [0.05, 0.1) is 11.1 Å². The van der Waals surface area contributed by atoms with Crippen LogP contribution in [-0.4, -0.2) is 6.54 Å². The number of hydrogen-bond donors (Lipinski definition) is 0. The van der Waals surface area contributed by atoms with Crippen LogP contribution in [-0.2, 0) is 18.9 Å². The van der Waals surface area contributed by atoms with Crippen LogP contribution in [0.2, 0.25) is 0 Å². The molecule has 0 aliphatic rings. The molecule has 0 aromatic heterocycles. The molecule has 7 heteroatoms. The number of anilines is 1. The van der Waals surface area contributed by atoms with E-state index in [9.17, 15) is 26.3 Å². The molecule has 0 heterocycles. The van der Waals surface area contributed by atoms with Crippen LogP contribution >= 0.6 is 0 Å². The van der Waals surface area contributed by atoms with E-state index in [-0.39, 0.29) is 0 Å². The van der Waals surface area contributed by atoms with Gasteiger partial charge in [-0.1, -0.05) is 44.2 Å². The molecule has 0 unspecified atom stereocenters. The molecule has 0 aliphatic carbocycles. The molecule has 33 heavy (non-hydrogen) atoms. The molecule has 3 aromatic rings. The lowest BCUT2D eigenvalue weighted by Crippen LogP contribution is -2.25. The first-order valence-electron chi connectivity index (χ1n) is 10.6. The zero-order chi connectivity index (χ0) is 24.2. The van der Waals surface area contributed by atoms with Crippen molar-refractivity contribution in [3.05, 3.63) is 89.5 Å². The van der Waals surface area contributed by atoms with Gasteiger partial charge in [-0.05, 0) is 71.5 Å². The summed E-state index contributed by atoms with van der Waals surface area (Å²) >= 11 is 0. The van der Waals surface area contributed by atoms with Gasteiger partial charge >= 0.3 is 12.4 Å². The Morgan fingerprint density at radius 2 is 1.24 bits per heavy atom. The third-order valence-electron chi connectivity index (χ3n) is 5.38. The standard InChI is InChI=1S/C26H25F6N/c1-18(2)14-15-33(24-12-10-23(11-13-24)26(30,31)32)17-19-4-3-5-21(16-19)20-6-8-22(9-7-20)25(27,28)29/h3-13,16,18H,14-15,17H2,1-2H3. The summed E-state index contributed by atoms with van der Waals surface area (Å²) in [6.45, 7) is 5.28. The van der Waals surface area contributed by atoms with E-state index in [1.807, 2.05) is 29.2 Å². The number of halogens is 6. The molecule has 0 radical (unpaired) electrons. The average molecular weight is 465 g/mol. The van der Waals surface area contributed by atoms with Crippen molar-refractivity contribution in [2.45, 2.75) is 39.2 Å². The highest BCUT2D eigenvalue weighted by Gasteiger charge is 2.31. The molecule has 0 bridgehead atoms. The Hall–Kier alpha value is -2.96. The van der Waals surface area contributed by atoms with Crippen LogP contribution in [0.25, 0.3) is 11.1 Å². The summed E-state index contributed by atoms with van der Waals surface area (Å²) in [6, 6.07) is 17.5. The number of nitrogens with zero attached hydrogens (tertiary/aromatic N) is 1. The minimum atomic E-state index is -4.39. The van der Waals surface area contributed by atoms with E-state index in [2.05, 4.69) is 13.8 Å². The van der Waals surface area contributed by atoms with E-state index in [4.69, 9.17) is 0 Å². The Balaban J connectivity index is 1.84. The Morgan fingerprint density at radius 3 is 1.76 bits per heavy atom. The number of benzene rings is 3. The molecular weight excluding hydrogens is 440 g/mol. The van der Waals surface area contributed by atoms with Crippen molar-refractivity contribution >= 4 is 5.69 Å². The minimum Gasteiger partial charge on any atom is -0.367 e. The second-order valence-electron chi connectivity index (χ2n) is 8.42. The lowest BCUT2D eigenvalue weighted by atomic mass is 10.0. The van der Waals surface area contributed by atoms with Crippen molar-refractivity contribution in [2.24, 2.45) is 5.92 Å². The summed E-state index contributed by atoms with van der Waals surface area (Å²) in [7, 11) is 0. The third-order valence-corrected chi connectivity index (χ3v) is 5.38. The van der Waals surface area contributed by atoms with Crippen LogP contribution in [0.4, 0.5) is 32.0 Å². The maximum atomic E-state index is 12.9. The van der Waals surface area contributed by atoms with E-state index in [1.54, 1.807) is 0 Å². The largest absolute Gasteiger partial charge is 0.416 e. The fourth-order valence-corrected chi connectivity index (χ4v) is 3.50. The molecule has 0 spiro atoms. The Morgan fingerprint density at radius 1 is 0.697 bits per heavy atom. The molecule has 0 saturated carbocycles. The lowest BCUT2D eigenvalue weighted by Gasteiger charge is -2.26. The molecule has 0 atom stereocenters. The van der Waals surface area contributed by atoms with Crippen molar-refractivity contribution in [3.63, 3.8) is 0 Å². The van der Waals surface area contributed by atoms with Crippen molar-refractivity contribution in [3.8, 4) is 11.1 Å². The van der Waals surface area contributed by atoms with Crippen LogP contribution in [0, 0.1) is 5.92 Å². The van der Waals surface area contributed by atoms with Crippen molar-refractivity contribution < 1.29 is 26.3 Å². The van der Waals surface area contributed by atoms with E-state index in [0.717, 1.165) is 41.8 Å². The van der Waals surface area contributed by atoms with Crippen molar-refractivity contribution in [2.75, 3.05) is 11.4 Å². The second kappa shape index (κ2) is 9.89. The predicted molar refractivity (Wildman–Crippen MR) is 119 cm³/mol. The minimum absolute atomic E-state index is 0.417. The van der Waals surface area contributed by atoms with Gasteiger partial charge in [0.15, 0.2) is 0 Å². The monoisotopic (exact) mass is 465 g/mol. The maximum Gasteiger partial charge on any atom is 0.416 e. The maximum absolute atomic E-state index is 12.9. The number of hydrogen-bond acceptors (Lipinski definition) is 1. The molecule has 0 N–H and O–H groups in total. The van der Waals surface area contributed by atoms with Gasteiger partial charge in [-0.15, -0.1) is 0 Å². The molecule has 1 nitrogen and oxygen atoms in total. The summed E-state index contributed by atoms with van der Waals surface area (Å²) in [6.07, 6.45) is -7.92. The van der Waals surface area contributed by atoms with Crippen LogP contribution in [0.5, 0.6) is 0 Å². The van der Waals surface area contributed by atoms with Gasteiger partial charge in [0.25, 0.3) is 0 Å². The smallest absolute Gasteiger partial charge is 0.367 e. The normalized spacial score (nSPS) is 12.3. The molecular formula is C26H25F6N. The van der Waals surface area contributed by atoms with E-state index in [1.165, 1.54) is 24.3 Å². The highest BCUT2D eigenvalue weighted by molar-refractivity contribution is 5.65. The topological polar surface area (TPSA) is 3.24 Å². The van der Waals surface area contributed by atoms with Crippen LogP contribution in [0.3, 0.4) is 0 Å². The number of rotatable bonds is 7. The Kier molecular flexibility index (Phi) is 7.40. The van der Waals surface area contributed by atoms with Gasteiger partial charge in [0, 0.05) is 18.8 Å². The average Bonchev–Trinajstić information content (AvgIpc) is 2.76. The summed E-state index contributed by atoms with van der Waals surface area (Å²) in [5, 5.41) is 0. The van der Waals surface area contributed by atoms with Crippen LogP contribution in [0.15, 0.2) is 72.8 Å². The quantitative estimate of drug-likeness (QED) is 0.317. The predicted octanol–water partition coefficient (Wildman–Crippen LogP) is 8.44. The fourth-order valence-electron chi connectivity index (χ4n) is 3.50. The van der Waals surface area contributed by atoms with Gasteiger partial charge in [-0.2, -0.15) is 26.3 Å². The summed E-state index contributed by atoms with van der Waals surface area (Å²) < 4.78 is 77.4. The summed E-state index contributed by atoms with van der Waals surface area (Å²) in [5.41, 5.74) is 1.63. The van der Waals surface area contributed by atoms with Crippen molar-refractivity contribution in [1.82, 2.24) is 0 Å². The van der Waals surface area contributed by atoms with Crippen LogP contribution < -0.4 is 4.90 Å². The zero-order valence-electron chi connectivity index (χ0n) is 18.3. The summed E-state index contributed by atoms with van der Waals surface area (Å²) in [5.74, 6) is 0.417. The van der Waals surface area contributed by atoms with Crippen molar-refractivity contribution in [1.29, 1.82) is 0 Å². The van der Waals surface area contributed by atoms with Gasteiger partial charge in [0.2, 0.25) is 0 Å². The first-order chi connectivity index (χ1) is 15.4. The number of alkyl halides is 6. The van der Waals surface area contributed by atoms with E-state index < -0.39 is 23.5 Å². The molecule has 0 aliphatic heterocycles. The first kappa shape index (κ1) is 24.7. The Bertz CT molecular complexity index is 1030. The molecule has 3 rings (SSSR count). The van der Waals surface area contributed by atoms with Gasteiger partial charge in [-0.3, -0.25) is 0 Å². The molecule has 0 fully saturated rings. The Labute approximate surface area is 189 Å². The van der Waals surface area contributed by atoms with Crippen LogP contribution in [0.1, 0.15) is 37.0 Å². The highest BCUT2D eigenvalue weighted by atomic mass is 19.4. The van der Waals surface area contributed by atoms with Gasteiger partial charge < -0.3 is 4.90 Å². The molecule has 3 aromatic carbocycles. The SMILES string of the molecule is CC(C)CCN(Cc1cccc(-c2ccc(C(F)(F)F)cc2)c1)c1ccc(C(F)(F)F)cc1. The van der Waals surface area contributed by atoms with E-state index >= 15 is 0 Å². The lowest BCUT2D eigenvalue weighted by molar-refractivity contribution is -0.138. The second-order valence-corrected chi connectivity index (χ2v) is 8.42. The van der Waals surface area contributed by atoms with E-state index in [0.29, 0.717) is 30.3 Å². The first-order valence-corrected chi connectivity index (χ1v) is 10.6. The molecule has 176 valence electrons. The molecule has 0 amide bonds. The zero-order valence-corrected chi connectivity index (χ0v) is 18.3.